The average molecular weight is 473 g/mol. The molecule has 2 aliphatic heterocycles. The van der Waals surface area contributed by atoms with Crippen molar-refractivity contribution in [3.63, 3.8) is 0 Å². The topological polar surface area (TPSA) is 49.9 Å². The molecule has 0 unspecified atom stereocenters. The first kappa shape index (κ1) is 23.8. The molecule has 0 radical (unpaired) electrons. The zero-order valence-electron chi connectivity index (χ0n) is 20.7. The lowest BCUT2D eigenvalue weighted by molar-refractivity contribution is 0.0504. The molecule has 2 bridgehead atoms. The van der Waals surface area contributed by atoms with Crippen molar-refractivity contribution in [2.24, 2.45) is 0 Å². The predicted octanol–water partition coefficient (Wildman–Crippen LogP) is 4.72. The molecule has 0 saturated carbocycles. The summed E-state index contributed by atoms with van der Waals surface area (Å²) in [6, 6.07) is 21.8. The molecule has 1 fully saturated rings. The lowest BCUT2D eigenvalue weighted by Crippen LogP contribution is -2.44. The smallest absolute Gasteiger partial charge is 0.130 e. The molecular formula is C29H36N4O2. The normalized spacial score (nSPS) is 18.8. The fraction of sp³-hybridized carbons (Fsp3) is 0.414. The van der Waals surface area contributed by atoms with Crippen molar-refractivity contribution in [2.45, 2.75) is 31.8 Å². The van der Waals surface area contributed by atoms with E-state index in [1.807, 2.05) is 24.3 Å². The van der Waals surface area contributed by atoms with E-state index in [0.29, 0.717) is 19.3 Å². The first-order valence-electron chi connectivity index (χ1n) is 12.7. The van der Waals surface area contributed by atoms with Crippen LogP contribution in [-0.2, 0) is 17.7 Å². The third-order valence-electron chi connectivity index (χ3n) is 6.98. The Morgan fingerprint density at radius 2 is 1.77 bits per heavy atom. The van der Waals surface area contributed by atoms with Crippen molar-refractivity contribution in [2.75, 3.05) is 51.8 Å². The van der Waals surface area contributed by atoms with Gasteiger partial charge < -0.3 is 19.7 Å². The Morgan fingerprint density at radius 1 is 0.886 bits per heavy atom. The number of anilines is 2. The Balaban J connectivity index is 1.38. The number of aromatic nitrogens is 1. The maximum atomic E-state index is 6.18. The molecule has 0 spiro atoms. The molecule has 3 aromatic rings. The Bertz CT molecular complexity index is 1080. The van der Waals surface area contributed by atoms with Crippen molar-refractivity contribution < 1.29 is 9.47 Å². The minimum atomic E-state index is 0.550. The van der Waals surface area contributed by atoms with Crippen LogP contribution in [-0.4, -0.2) is 67.3 Å². The molecule has 2 aliphatic rings. The van der Waals surface area contributed by atoms with Crippen molar-refractivity contribution in [1.29, 1.82) is 0 Å². The van der Waals surface area contributed by atoms with Crippen molar-refractivity contribution >= 4 is 11.5 Å². The number of rotatable bonds is 3. The number of hydrogen-bond acceptors (Lipinski definition) is 6. The molecule has 0 atom stereocenters. The van der Waals surface area contributed by atoms with Gasteiger partial charge in [0.05, 0.1) is 13.2 Å². The molecular weight excluding hydrogens is 436 g/mol. The largest absolute Gasteiger partial charge is 0.491 e. The number of fused-ring (bicyclic) bond motifs is 3. The lowest BCUT2D eigenvalue weighted by Gasteiger charge is -2.37. The van der Waals surface area contributed by atoms with Crippen LogP contribution < -0.4 is 10.1 Å². The van der Waals surface area contributed by atoms with E-state index in [9.17, 15) is 0 Å². The summed E-state index contributed by atoms with van der Waals surface area (Å²) in [6.07, 6.45) is 5.05. The van der Waals surface area contributed by atoms with Gasteiger partial charge in [0.15, 0.2) is 0 Å². The van der Waals surface area contributed by atoms with E-state index in [4.69, 9.17) is 9.47 Å². The molecule has 35 heavy (non-hydrogen) atoms. The summed E-state index contributed by atoms with van der Waals surface area (Å²) in [4.78, 5) is 9.45. The van der Waals surface area contributed by atoms with Gasteiger partial charge in [-0.3, -0.25) is 4.90 Å². The quantitative estimate of drug-likeness (QED) is 0.595. The van der Waals surface area contributed by atoms with Gasteiger partial charge in [-0.15, -0.1) is 0 Å². The Labute approximate surface area is 208 Å². The van der Waals surface area contributed by atoms with Gasteiger partial charge in [-0.05, 0) is 74.4 Å². The summed E-state index contributed by atoms with van der Waals surface area (Å²) in [6.45, 7) is 6.14. The highest BCUT2D eigenvalue weighted by atomic mass is 16.5. The van der Waals surface area contributed by atoms with E-state index in [1.165, 1.54) is 37.1 Å². The second kappa shape index (κ2) is 11.7. The number of benzene rings is 2. The molecule has 1 aromatic heterocycles. The highest BCUT2D eigenvalue weighted by Gasteiger charge is 2.23. The molecule has 6 nitrogen and oxygen atoms in total. The number of piperidine rings is 1. The molecule has 6 heteroatoms. The van der Waals surface area contributed by atoms with E-state index in [-0.39, 0.29) is 0 Å². The zero-order chi connectivity index (χ0) is 23.9. The predicted molar refractivity (Wildman–Crippen MR) is 140 cm³/mol. The summed E-state index contributed by atoms with van der Waals surface area (Å²) in [5.41, 5.74) is 4.84. The first-order valence-corrected chi connectivity index (χ1v) is 12.7. The van der Waals surface area contributed by atoms with Crippen molar-refractivity contribution in [1.82, 2.24) is 14.8 Å². The van der Waals surface area contributed by atoms with Crippen LogP contribution in [0.2, 0.25) is 0 Å². The number of ether oxygens (including phenoxy) is 2. The van der Waals surface area contributed by atoms with Gasteiger partial charge >= 0.3 is 0 Å². The van der Waals surface area contributed by atoms with Crippen LogP contribution in [0.25, 0.3) is 0 Å². The van der Waals surface area contributed by atoms with E-state index in [1.54, 1.807) is 6.20 Å². The zero-order valence-corrected chi connectivity index (χ0v) is 20.7. The van der Waals surface area contributed by atoms with E-state index in [0.717, 1.165) is 48.9 Å². The summed E-state index contributed by atoms with van der Waals surface area (Å²) >= 11 is 0. The third-order valence-corrected chi connectivity index (χ3v) is 6.98. The molecule has 1 N–H and O–H groups in total. The standard InChI is InChI=1S/C29H36N4O2/c1-32-13-10-27(11-14-32)33-15-16-34-17-18-35-28-9-8-26(31-29-7-2-3-12-30-29)21-25(28)20-23-5-4-6-24(19-23)22-33/h2-9,12,19,21,27H,10-11,13-18,20,22H2,1H3,(H,30,31). The van der Waals surface area contributed by atoms with Gasteiger partial charge in [-0.1, -0.05) is 30.3 Å². The van der Waals surface area contributed by atoms with Crippen LogP contribution >= 0.6 is 0 Å². The maximum absolute atomic E-state index is 6.18. The van der Waals surface area contributed by atoms with Crippen LogP contribution in [0.1, 0.15) is 29.5 Å². The molecule has 3 heterocycles. The van der Waals surface area contributed by atoms with Crippen LogP contribution in [0.5, 0.6) is 5.75 Å². The summed E-state index contributed by atoms with van der Waals surface area (Å²) in [7, 11) is 2.22. The lowest BCUT2D eigenvalue weighted by atomic mass is 9.99. The van der Waals surface area contributed by atoms with E-state index >= 15 is 0 Å². The number of hydrogen-bond donors (Lipinski definition) is 1. The maximum Gasteiger partial charge on any atom is 0.130 e. The number of likely N-dealkylation sites (tertiary alicyclic amines) is 1. The van der Waals surface area contributed by atoms with Gasteiger partial charge in [0.1, 0.15) is 18.2 Å². The molecule has 0 amide bonds. The number of nitrogens with zero attached hydrogens (tertiary/aromatic N) is 3. The Kier molecular flexibility index (Phi) is 7.93. The highest BCUT2D eigenvalue weighted by Crippen LogP contribution is 2.28. The fourth-order valence-corrected chi connectivity index (χ4v) is 5.06. The highest BCUT2D eigenvalue weighted by molar-refractivity contribution is 5.59. The van der Waals surface area contributed by atoms with Crippen LogP contribution in [0.15, 0.2) is 66.9 Å². The van der Waals surface area contributed by atoms with Crippen molar-refractivity contribution in [3.05, 3.63) is 83.6 Å². The molecule has 184 valence electrons. The van der Waals surface area contributed by atoms with Gasteiger partial charge in [0.25, 0.3) is 0 Å². The number of nitrogens with one attached hydrogen (secondary N) is 1. The van der Waals surface area contributed by atoms with Crippen LogP contribution in [0, 0.1) is 0 Å². The first-order chi connectivity index (χ1) is 17.2. The van der Waals surface area contributed by atoms with E-state index in [2.05, 4.69) is 63.5 Å². The fourth-order valence-electron chi connectivity index (χ4n) is 5.06. The van der Waals surface area contributed by atoms with Gasteiger partial charge in [-0.25, -0.2) is 4.98 Å². The summed E-state index contributed by atoms with van der Waals surface area (Å²) in [5.74, 6) is 1.74. The summed E-state index contributed by atoms with van der Waals surface area (Å²) < 4.78 is 12.2. The monoisotopic (exact) mass is 472 g/mol. The Morgan fingerprint density at radius 3 is 2.63 bits per heavy atom. The molecule has 1 saturated heterocycles. The van der Waals surface area contributed by atoms with Crippen LogP contribution in [0.3, 0.4) is 0 Å². The summed E-state index contributed by atoms with van der Waals surface area (Å²) in [5, 5.41) is 3.41. The minimum Gasteiger partial charge on any atom is -0.491 e. The third kappa shape index (κ3) is 6.60. The van der Waals surface area contributed by atoms with Gasteiger partial charge in [0, 0.05) is 43.0 Å². The van der Waals surface area contributed by atoms with Gasteiger partial charge in [-0.2, -0.15) is 0 Å². The van der Waals surface area contributed by atoms with Crippen LogP contribution in [0.4, 0.5) is 11.5 Å². The average Bonchev–Trinajstić information content (AvgIpc) is 2.87. The second-order valence-electron chi connectivity index (χ2n) is 9.62. The minimum absolute atomic E-state index is 0.550. The van der Waals surface area contributed by atoms with Gasteiger partial charge in [0.2, 0.25) is 0 Å². The second-order valence-corrected chi connectivity index (χ2v) is 9.62. The SMILES string of the molecule is CN1CCC(N2CCOCCOc3ccc(Nc4ccccn4)cc3Cc3cccc(c3)C2)CC1. The van der Waals surface area contributed by atoms with Crippen molar-refractivity contribution in [3.8, 4) is 5.75 Å². The number of pyridine rings is 1. The molecule has 2 aromatic carbocycles. The molecule has 0 aliphatic carbocycles. The van der Waals surface area contributed by atoms with E-state index < -0.39 is 0 Å². The molecule has 5 rings (SSSR count). The Hall–Kier alpha value is -2.93.